The van der Waals surface area contributed by atoms with Crippen molar-refractivity contribution in [3.8, 4) is 17.2 Å². The molecular weight excluding hydrogens is 308 g/mol. The molecule has 6 heteroatoms. The molecule has 0 fully saturated rings. The number of carbonyl (C=O) groups excluding carboxylic acids is 1. The number of hydrogen-bond donors (Lipinski definition) is 2. The van der Waals surface area contributed by atoms with E-state index in [9.17, 15) is 4.79 Å². The van der Waals surface area contributed by atoms with Crippen LogP contribution in [0.4, 0.5) is 11.4 Å². The summed E-state index contributed by atoms with van der Waals surface area (Å²) in [5.74, 6) is 1.86. The lowest BCUT2D eigenvalue weighted by molar-refractivity contribution is -0.114. The van der Waals surface area contributed by atoms with Crippen LogP contribution in [0.2, 0.25) is 0 Å². The maximum atomic E-state index is 12.1. The second-order valence-electron chi connectivity index (χ2n) is 4.96. The summed E-state index contributed by atoms with van der Waals surface area (Å²) in [5.41, 5.74) is 1.46. The molecule has 0 aliphatic rings. The molecule has 2 aromatic carbocycles. The number of amides is 1. The van der Waals surface area contributed by atoms with Crippen LogP contribution in [0.15, 0.2) is 42.5 Å². The van der Waals surface area contributed by atoms with Crippen molar-refractivity contribution in [2.24, 2.45) is 0 Å². The first-order valence-electron chi connectivity index (χ1n) is 7.64. The summed E-state index contributed by atoms with van der Waals surface area (Å²) < 4.78 is 15.7. The standard InChI is InChI=1S/C18H22N2O4/c1-4-24-15-7-5-13(6-8-15)19-12-18(21)20-14-9-16(22-2)11-17(10-14)23-3/h5-11,19H,4,12H2,1-3H3,(H,20,21). The highest BCUT2D eigenvalue weighted by atomic mass is 16.5. The average molecular weight is 330 g/mol. The Kier molecular flexibility index (Phi) is 6.31. The van der Waals surface area contributed by atoms with Crippen LogP contribution in [0.3, 0.4) is 0 Å². The summed E-state index contributed by atoms with van der Waals surface area (Å²) >= 11 is 0. The van der Waals surface area contributed by atoms with Crippen LogP contribution in [-0.2, 0) is 4.79 Å². The van der Waals surface area contributed by atoms with Gasteiger partial charge in [0, 0.05) is 29.6 Å². The first-order chi connectivity index (χ1) is 11.6. The molecule has 0 unspecified atom stereocenters. The van der Waals surface area contributed by atoms with E-state index in [1.54, 1.807) is 32.4 Å². The molecular formula is C18H22N2O4. The molecule has 6 nitrogen and oxygen atoms in total. The summed E-state index contributed by atoms with van der Waals surface area (Å²) in [6.45, 7) is 2.71. The molecule has 0 spiro atoms. The van der Waals surface area contributed by atoms with Crippen molar-refractivity contribution in [2.75, 3.05) is 38.0 Å². The fraction of sp³-hybridized carbons (Fsp3) is 0.278. The van der Waals surface area contributed by atoms with Gasteiger partial charge in [-0.2, -0.15) is 0 Å². The van der Waals surface area contributed by atoms with Gasteiger partial charge in [0.2, 0.25) is 5.91 Å². The summed E-state index contributed by atoms with van der Waals surface area (Å²) in [6.07, 6.45) is 0. The minimum atomic E-state index is -0.167. The summed E-state index contributed by atoms with van der Waals surface area (Å²) in [4.78, 5) is 12.1. The molecule has 0 aliphatic heterocycles. The van der Waals surface area contributed by atoms with Crippen molar-refractivity contribution in [2.45, 2.75) is 6.92 Å². The van der Waals surface area contributed by atoms with Crippen molar-refractivity contribution >= 4 is 17.3 Å². The number of methoxy groups -OCH3 is 2. The Morgan fingerprint density at radius 1 is 0.917 bits per heavy atom. The SMILES string of the molecule is CCOc1ccc(NCC(=O)Nc2cc(OC)cc(OC)c2)cc1. The van der Waals surface area contributed by atoms with Gasteiger partial charge in [0.25, 0.3) is 0 Å². The monoisotopic (exact) mass is 330 g/mol. The van der Waals surface area contributed by atoms with Crippen molar-refractivity contribution in [3.05, 3.63) is 42.5 Å². The fourth-order valence-corrected chi connectivity index (χ4v) is 2.10. The minimum Gasteiger partial charge on any atom is -0.497 e. The average Bonchev–Trinajstić information content (AvgIpc) is 2.61. The molecule has 24 heavy (non-hydrogen) atoms. The molecule has 1 amide bonds. The topological polar surface area (TPSA) is 68.8 Å². The number of nitrogens with one attached hydrogen (secondary N) is 2. The van der Waals surface area contributed by atoms with Crippen molar-refractivity contribution in [1.82, 2.24) is 0 Å². The van der Waals surface area contributed by atoms with Crippen molar-refractivity contribution < 1.29 is 19.0 Å². The number of rotatable bonds is 8. The molecule has 128 valence electrons. The molecule has 0 aromatic heterocycles. The Hall–Kier alpha value is -2.89. The maximum Gasteiger partial charge on any atom is 0.243 e. The minimum absolute atomic E-state index is 0.146. The largest absolute Gasteiger partial charge is 0.497 e. The number of anilines is 2. The quantitative estimate of drug-likeness (QED) is 0.778. The summed E-state index contributed by atoms with van der Waals surface area (Å²) in [7, 11) is 3.13. The van der Waals surface area contributed by atoms with Gasteiger partial charge in [-0.3, -0.25) is 4.79 Å². The van der Waals surface area contributed by atoms with Crippen LogP contribution in [-0.4, -0.2) is 33.3 Å². The second-order valence-corrected chi connectivity index (χ2v) is 4.96. The molecule has 0 saturated heterocycles. The number of hydrogen-bond acceptors (Lipinski definition) is 5. The summed E-state index contributed by atoms with van der Waals surface area (Å²) in [5, 5.41) is 5.87. The van der Waals surface area contributed by atoms with E-state index in [0.29, 0.717) is 23.8 Å². The van der Waals surface area contributed by atoms with E-state index in [-0.39, 0.29) is 12.5 Å². The van der Waals surface area contributed by atoms with Gasteiger partial charge in [-0.1, -0.05) is 0 Å². The van der Waals surface area contributed by atoms with E-state index < -0.39 is 0 Å². The van der Waals surface area contributed by atoms with Gasteiger partial charge < -0.3 is 24.8 Å². The van der Waals surface area contributed by atoms with Gasteiger partial charge >= 0.3 is 0 Å². The fourth-order valence-electron chi connectivity index (χ4n) is 2.10. The Bertz CT molecular complexity index is 649. The second kappa shape index (κ2) is 8.67. The van der Waals surface area contributed by atoms with Crippen LogP contribution in [0.1, 0.15) is 6.92 Å². The van der Waals surface area contributed by atoms with Gasteiger partial charge in [0.15, 0.2) is 0 Å². The van der Waals surface area contributed by atoms with Gasteiger partial charge in [-0.15, -0.1) is 0 Å². The normalized spacial score (nSPS) is 9.96. The van der Waals surface area contributed by atoms with E-state index in [2.05, 4.69) is 10.6 Å². The highest BCUT2D eigenvalue weighted by Crippen LogP contribution is 2.25. The highest BCUT2D eigenvalue weighted by Gasteiger charge is 2.06. The van der Waals surface area contributed by atoms with Crippen LogP contribution in [0.5, 0.6) is 17.2 Å². The molecule has 0 bridgehead atoms. The predicted octanol–water partition coefficient (Wildman–Crippen LogP) is 3.15. The van der Waals surface area contributed by atoms with Crippen molar-refractivity contribution in [3.63, 3.8) is 0 Å². The molecule has 0 atom stereocenters. The predicted molar refractivity (Wildman–Crippen MR) is 94.3 cm³/mol. The zero-order valence-corrected chi connectivity index (χ0v) is 14.1. The number of carbonyl (C=O) groups is 1. The van der Waals surface area contributed by atoms with Crippen molar-refractivity contribution in [1.29, 1.82) is 0 Å². The molecule has 0 heterocycles. The van der Waals surface area contributed by atoms with Gasteiger partial charge in [0.1, 0.15) is 17.2 Å². The third-order valence-electron chi connectivity index (χ3n) is 3.25. The Balaban J connectivity index is 1.91. The lowest BCUT2D eigenvalue weighted by atomic mass is 10.2. The summed E-state index contributed by atoms with van der Waals surface area (Å²) in [6, 6.07) is 12.7. The molecule has 2 rings (SSSR count). The van der Waals surface area contributed by atoms with Gasteiger partial charge in [-0.25, -0.2) is 0 Å². The highest BCUT2D eigenvalue weighted by molar-refractivity contribution is 5.94. The van der Waals surface area contributed by atoms with E-state index >= 15 is 0 Å². The molecule has 0 saturated carbocycles. The third-order valence-corrected chi connectivity index (χ3v) is 3.25. The number of ether oxygens (including phenoxy) is 3. The maximum absolute atomic E-state index is 12.1. The molecule has 0 aliphatic carbocycles. The Labute approximate surface area is 141 Å². The van der Waals surface area contributed by atoms with Crippen LogP contribution < -0.4 is 24.8 Å². The van der Waals surface area contributed by atoms with Crippen LogP contribution in [0.25, 0.3) is 0 Å². The zero-order valence-electron chi connectivity index (χ0n) is 14.1. The Morgan fingerprint density at radius 2 is 1.54 bits per heavy atom. The zero-order chi connectivity index (χ0) is 17.4. The van der Waals surface area contributed by atoms with Crippen LogP contribution in [0, 0.1) is 0 Å². The first kappa shape index (κ1) is 17.5. The first-order valence-corrected chi connectivity index (χ1v) is 7.64. The van der Waals surface area contributed by atoms with E-state index in [1.807, 2.05) is 31.2 Å². The van der Waals surface area contributed by atoms with E-state index in [1.165, 1.54) is 0 Å². The smallest absolute Gasteiger partial charge is 0.243 e. The molecule has 2 N–H and O–H groups in total. The Morgan fingerprint density at radius 3 is 2.08 bits per heavy atom. The van der Waals surface area contributed by atoms with Gasteiger partial charge in [0.05, 0.1) is 27.4 Å². The molecule has 2 aromatic rings. The van der Waals surface area contributed by atoms with Crippen LogP contribution >= 0.6 is 0 Å². The lowest BCUT2D eigenvalue weighted by Gasteiger charge is -2.11. The lowest BCUT2D eigenvalue weighted by Crippen LogP contribution is -2.21. The number of benzene rings is 2. The molecule has 0 radical (unpaired) electrons. The van der Waals surface area contributed by atoms with E-state index in [0.717, 1.165) is 11.4 Å². The van der Waals surface area contributed by atoms with E-state index in [4.69, 9.17) is 14.2 Å². The van der Waals surface area contributed by atoms with Gasteiger partial charge in [-0.05, 0) is 31.2 Å². The third kappa shape index (κ3) is 5.08.